The van der Waals surface area contributed by atoms with Crippen LogP contribution in [0.5, 0.6) is 0 Å². The lowest BCUT2D eigenvalue weighted by atomic mass is 10.0. The van der Waals surface area contributed by atoms with Gasteiger partial charge in [0.25, 0.3) is 0 Å². The molecule has 1 heterocycles. The summed E-state index contributed by atoms with van der Waals surface area (Å²) < 4.78 is 5.10. The molecule has 0 aliphatic heterocycles. The number of hydrogen-bond donors (Lipinski definition) is 2. The van der Waals surface area contributed by atoms with Crippen LogP contribution >= 0.6 is 11.8 Å². The average molecular weight is 284 g/mol. The van der Waals surface area contributed by atoms with Crippen molar-refractivity contribution in [2.24, 2.45) is 5.73 Å². The van der Waals surface area contributed by atoms with Crippen molar-refractivity contribution in [1.82, 2.24) is 15.5 Å². The summed E-state index contributed by atoms with van der Waals surface area (Å²) in [7, 11) is 0. The van der Waals surface area contributed by atoms with E-state index in [2.05, 4.69) is 15.5 Å². The Bertz CT molecular complexity index is 404. The molecule has 3 N–H and O–H groups in total. The van der Waals surface area contributed by atoms with Crippen LogP contribution in [0.25, 0.3) is 0 Å². The van der Waals surface area contributed by atoms with Gasteiger partial charge >= 0.3 is 0 Å². The topological polar surface area (TPSA) is 94.0 Å². The minimum absolute atomic E-state index is 0.120. The number of hydrogen-bond acceptors (Lipinski definition) is 6. The predicted molar refractivity (Wildman–Crippen MR) is 73.4 cm³/mol. The number of thioether (sulfide) groups is 1. The van der Waals surface area contributed by atoms with Gasteiger partial charge in [-0.2, -0.15) is 16.7 Å². The molecule has 1 saturated carbocycles. The largest absolute Gasteiger partial charge is 0.369 e. The van der Waals surface area contributed by atoms with E-state index in [1.165, 1.54) is 32.1 Å². The third kappa shape index (κ3) is 5.20. The van der Waals surface area contributed by atoms with E-state index in [1.54, 1.807) is 0 Å². The summed E-state index contributed by atoms with van der Waals surface area (Å²) in [6, 6.07) is 0. The Hall–Kier alpha value is -1.08. The standard InChI is InChI=1S/C12H20N4O2S/c13-10(17)6-14-7-12-15-11(16-18-12)8-19-9-4-2-1-3-5-9/h9,14H,1-8H2,(H2,13,17). The summed E-state index contributed by atoms with van der Waals surface area (Å²) in [5.41, 5.74) is 5.02. The maximum absolute atomic E-state index is 10.6. The number of nitrogens with zero attached hydrogens (tertiary/aromatic N) is 2. The molecule has 19 heavy (non-hydrogen) atoms. The van der Waals surface area contributed by atoms with Gasteiger partial charge in [0.2, 0.25) is 11.8 Å². The Labute approximate surface area is 116 Å². The van der Waals surface area contributed by atoms with Crippen LogP contribution < -0.4 is 11.1 Å². The van der Waals surface area contributed by atoms with Crippen molar-refractivity contribution in [3.8, 4) is 0 Å². The van der Waals surface area contributed by atoms with Gasteiger partial charge in [-0.15, -0.1) is 0 Å². The second-order valence-electron chi connectivity index (χ2n) is 4.75. The third-order valence-corrected chi connectivity index (χ3v) is 4.45. The molecule has 0 aromatic carbocycles. The van der Waals surface area contributed by atoms with Crippen LogP contribution in [0, 0.1) is 0 Å². The number of nitrogens with one attached hydrogen (secondary N) is 1. The normalized spacial score (nSPS) is 16.6. The number of aromatic nitrogens is 2. The molecule has 2 rings (SSSR count). The van der Waals surface area contributed by atoms with E-state index in [1.807, 2.05) is 11.8 Å². The van der Waals surface area contributed by atoms with Crippen molar-refractivity contribution in [1.29, 1.82) is 0 Å². The highest BCUT2D eigenvalue weighted by molar-refractivity contribution is 7.99. The highest BCUT2D eigenvalue weighted by atomic mass is 32.2. The quantitative estimate of drug-likeness (QED) is 0.781. The first-order valence-electron chi connectivity index (χ1n) is 6.66. The van der Waals surface area contributed by atoms with Gasteiger partial charge in [-0.1, -0.05) is 24.4 Å². The average Bonchev–Trinajstić information content (AvgIpc) is 2.85. The van der Waals surface area contributed by atoms with Crippen LogP contribution in [0.15, 0.2) is 4.52 Å². The maximum atomic E-state index is 10.6. The van der Waals surface area contributed by atoms with Crippen molar-refractivity contribution in [3.63, 3.8) is 0 Å². The first-order valence-corrected chi connectivity index (χ1v) is 7.71. The van der Waals surface area contributed by atoms with E-state index in [9.17, 15) is 4.79 Å². The molecule has 0 spiro atoms. The van der Waals surface area contributed by atoms with Crippen molar-refractivity contribution in [2.45, 2.75) is 49.7 Å². The molecule has 0 bridgehead atoms. The number of nitrogens with two attached hydrogens (primary N) is 1. The van der Waals surface area contributed by atoms with E-state index in [-0.39, 0.29) is 6.54 Å². The lowest BCUT2D eigenvalue weighted by molar-refractivity contribution is -0.117. The summed E-state index contributed by atoms with van der Waals surface area (Å²) in [5.74, 6) is 1.63. The summed E-state index contributed by atoms with van der Waals surface area (Å²) >= 11 is 1.91. The zero-order chi connectivity index (χ0) is 13.5. The molecule has 7 heteroatoms. The zero-order valence-corrected chi connectivity index (χ0v) is 11.7. The van der Waals surface area contributed by atoms with E-state index >= 15 is 0 Å². The summed E-state index contributed by atoms with van der Waals surface area (Å²) in [5, 5.41) is 7.52. The molecular formula is C12H20N4O2S. The van der Waals surface area contributed by atoms with Crippen LogP contribution in [-0.4, -0.2) is 27.8 Å². The smallest absolute Gasteiger partial charge is 0.240 e. The van der Waals surface area contributed by atoms with Crippen molar-refractivity contribution in [2.75, 3.05) is 6.54 Å². The molecule has 1 aromatic heterocycles. The third-order valence-electron chi connectivity index (χ3n) is 3.09. The van der Waals surface area contributed by atoms with E-state index < -0.39 is 5.91 Å². The zero-order valence-electron chi connectivity index (χ0n) is 10.9. The number of rotatable bonds is 7. The number of amides is 1. The van der Waals surface area contributed by atoms with Gasteiger partial charge in [-0.05, 0) is 12.8 Å². The molecule has 0 saturated heterocycles. The van der Waals surface area contributed by atoms with Gasteiger partial charge in [-0.3, -0.25) is 10.1 Å². The fraction of sp³-hybridized carbons (Fsp3) is 0.750. The molecule has 0 unspecified atom stereocenters. The number of primary amides is 1. The Morgan fingerprint density at radius 2 is 2.21 bits per heavy atom. The number of carbonyl (C=O) groups is 1. The molecule has 1 fully saturated rings. The van der Waals surface area contributed by atoms with E-state index in [0.717, 1.165) is 16.8 Å². The molecule has 106 valence electrons. The Morgan fingerprint density at radius 1 is 1.42 bits per heavy atom. The fourth-order valence-corrected chi connectivity index (χ4v) is 3.31. The molecule has 1 amide bonds. The minimum Gasteiger partial charge on any atom is -0.369 e. The highest BCUT2D eigenvalue weighted by Crippen LogP contribution is 2.29. The second-order valence-corrected chi connectivity index (χ2v) is 6.03. The van der Waals surface area contributed by atoms with E-state index in [4.69, 9.17) is 10.3 Å². The van der Waals surface area contributed by atoms with Gasteiger partial charge in [0.15, 0.2) is 5.82 Å². The monoisotopic (exact) mass is 284 g/mol. The lowest BCUT2D eigenvalue weighted by Gasteiger charge is -2.19. The van der Waals surface area contributed by atoms with Gasteiger partial charge < -0.3 is 10.3 Å². The SMILES string of the molecule is NC(=O)CNCc1nc(CSC2CCCCC2)no1. The van der Waals surface area contributed by atoms with Crippen molar-refractivity contribution in [3.05, 3.63) is 11.7 Å². The molecule has 1 aromatic rings. The van der Waals surface area contributed by atoms with Crippen LogP contribution in [0.1, 0.15) is 43.8 Å². The first-order chi connectivity index (χ1) is 9.24. The van der Waals surface area contributed by atoms with Crippen LogP contribution in [0.3, 0.4) is 0 Å². The summed E-state index contributed by atoms with van der Waals surface area (Å²) in [6.07, 6.45) is 6.65. The van der Waals surface area contributed by atoms with Gasteiger partial charge in [-0.25, -0.2) is 0 Å². The molecule has 6 nitrogen and oxygen atoms in total. The Kier molecular flexibility index (Phi) is 5.65. The van der Waals surface area contributed by atoms with Gasteiger partial charge in [0.1, 0.15) is 0 Å². The minimum atomic E-state index is -0.396. The Balaban J connectivity index is 1.69. The maximum Gasteiger partial charge on any atom is 0.240 e. The molecular weight excluding hydrogens is 264 g/mol. The molecule has 0 radical (unpaired) electrons. The van der Waals surface area contributed by atoms with Crippen molar-refractivity contribution < 1.29 is 9.32 Å². The molecule has 1 aliphatic carbocycles. The highest BCUT2D eigenvalue weighted by Gasteiger charge is 2.15. The Morgan fingerprint density at radius 3 is 2.95 bits per heavy atom. The van der Waals surface area contributed by atoms with Crippen LogP contribution in [0.4, 0.5) is 0 Å². The van der Waals surface area contributed by atoms with Crippen LogP contribution in [-0.2, 0) is 17.1 Å². The van der Waals surface area contributed by atoms with Gasteiger partial charge in [0.05, 0.1) is 18.8 Å². The second kappa shape index (κ2) is 7.49. The number of carbonyl (C=O) groups excluding carboxylic acids is 1. The molecule has 1 aliphatic rings. The molecule has 0 atom stereocenters. The van der Waals surface area contributed by atoms with E-state index in [0.29, 0.717) is 12.4 Å². The van der Waals surface area contributed by atoms with Crippen molar-refractivity contribution >= 4 is 17.7 Å². The summed E-state index contributed by atoms with van der Waals surface area (Å²) in [4.78, 5) is 14.8. The van der Waals surface area contributed by atoms with Crippen LogP contribution in [0.2, 0.25) is 0 Å². The predicted octanol–water partition coefficient (Wildman–Crippen LogP) is 1.21. The summed E-state index contributed by atoms with van der Waals surface area (Å²) in [6.45, 7) is 0.499. The lowest BCUT2D eigenvalue weighted by Crippen LogP contribution is -2.28. The fourth-order valence-electron chi connectivity index (χ4n) is 2.14. The first kappa shape index (κ1) is 14.3. The van der Waals surface area contributed by atoms with Gasteiger partial charge in [0, 0.05) is 5.25 Å².